The Labute approximate surface area is 101 Å². The average molecular weight is 238 g/mol. The Hall–Kier alpha value is -1.55. The van der Waals surface area contributed by atoms with Crippen LogP contribution in [0.3, 0.4) is 0 Å². The number of carbonyl (C=O) groups is 1. The fourth-order valence-corrected chi connectivity index (χ4v) is 1.80. The predicted molar refractivity (Wildman–Crippen MR) is 64.1 cm³/mol. The summed E-state index contributed by atoms with van der Waals surface area (Å²) in [6.45, 7) is 5.69. The molecule has 0 aliphatic rings. The van der Waals surface area contributed by atoms with Crippen molar-refractivity contribution in [3.8, 4) is 5.75 Å². The monoisotopic (exact) mass is 238 g/mol. The molecule has 94 valence electrons. The van der Waals surface area contributed by atoms with E-state index in [1.54, 1.807) is 13.0 Å². The van der Waals surface area contributed by atoms with Gasteiger partial charge in [0.1, 0.15) is 5.75 Å². The highest BCUT2D eigenvalue weighted by Crippen LogP contribution is 2.30. The molecule has 0 fully saturated rings. The number of benzene rings is 1. The first kappa shape index (κ1) is 13.5. The zero-order chi connectivity index (χ0) is 13.0. The molecule has 4 nitrogen and oxygen atoms in total. The highest BCUT2D eigenvalue weighted by atomic mass is 16.5. The van der Waals surface area contributed by atoms with Gasteiger partial charge in [0, 0.05) is 5.56 Å². The topological polar surface area (TPSA) is 55.8 Å². The molecule has 1 aromatic carbocycles. The summed E-state index contributed by atoms with van der Waals surface area (Å²) in [5.74, 6) is -0.152. The van der Waals surface area contributed by atoms with Gasteiger partial charge in [-0.25, -0.2) is 4.79 Å². The number of hydrogen-bond acceptors (Lipinski definition) is 4. The summed E-state index contributed by atoms with van der Waals surface area (Å²) in [7, 11) is 1.51. The molecule has 17 heavy (non-hydrogen) atoms. The molecule has 0 heterocycles. The molecule has 1 aromatic rings. The smallest absolute Gasteiger partial charge is 0.339 e. The summed E-state index contributed by atoms with van der Waals surface area (Å²) in [6, 6.07) is 3.67. The molecule has 0 spiro atoms. The van der Waals surface area contributed by atoms with Gasteiger partial charge in [0.2, 0.25) is 0 Å². The van der Waals surface area contributed by atoms with E-state index in [1.165, 1.54) is 7.11 Å². The summed E-state index contributed by atoms with van der Waals surface area (Å²) >= 11 is 0. The fraction of sp³-hybridized carbons (Fsp3) is 0.462. The van der Waals surface area contributed by atoms with Crippen molar-refractivity contribution in [3.63, 3.8) is 0 Å². The lowest BCUT2D eigenvalue weighted by atomic mass is 9.99. The van der Waals surface area contributed by atoms with Crippen molar-refractivity contribution in [2.24, 2.45) is 0 Å². The second kappa shape index (κ2) is 5.68. The van der Waals surface area contributed by atoms with E-state index in [1.807, 2.05) is 19.9 Å². The Morgan fingerprint density at radius 1 is 1.41 bits per heavy atom. The molecule has 1 unspecified atom stereocenters. The van der Waals surface area contributed by atoms with Crippen LogP contribution >= 0.6 is 0 Å². The van der Waals surface area contributed by atoms with Crippen molar-refractivity contribution < 1.29 is 19.4 Å². The molecule has 0 amide bonds. The number of ether oxygens (including phenoxy) is 2. The van der Waals surface area contributed by atoms with Crippen molar-refractivity contribution in [3.05, 3.63) is 28.8 Å². The molecule has 1 atom stereocenters. The molecule has 1 N–H and O–H groups in total. The maximum Gasteiger partial charge on any atom is 0.339 e. The van der Waals surface area contributed by atoms with E-state index < -0.39 is 12.1 Å². The predicted octanol–water partition coefficient (Wildman–Crippen LogP) is 1.91. The highest BCUT2D eigenvalue weighted by molar-refractivity contribution is 5.78. The molecular formula is C13H18O4. The lowest BCUT2D eigenvalue weighted by molar-refractivity contribution is -0.153. The van der Waals surface area contributed by atoms with Gasteiger partial charge in [-0.15, -0.1) is 0 Å². The van der Waals surface area contributed by atoms with Crippen LogP contribution in [0.2, 0.25) is 0 Å². The molecule has 1 rings (SSSR count). The van der Waals surface area contributed by atoms with Crippen molar-refractivity contribution >= 4 is 5.97 Å². The normalized spacial score (nSPS) is 12.1. The van der Waals surface area contributed by atoms with Crippen LogP contribution in [-0.2, 0) is 9.53 Å². The summed E-state index contributed by atoms with van der Waals surface area (Å²) in [5, 5.41) is 9.95. The number of methoxy groups -OCH3 is 1. The zero-order valence-corrected chi connectivity index (χ0v) is 10.6. The van der Waals surface area contributed by atoms with E-state index in [-0.39, 0.29) is 6.61 Å². The largest absolute Gasteiger partial charge is 0.496 e. The van der Waals surface area contributed by atoms with Gasteiger partial charge in [0.15, 0.2) is 6.10 Å². The Balaban J connectivity index is 3.16. The Kier molecular flexibility index (Phi) is 4.52. The Bertz CT molecular complexity index is 412. The van der Waals surface area contributed by atoms with Crippen LogP contribution < -0.4 is 4.74 Å². The standard InChI is InChI=1S/C13H18O4/c1-5-17-13(15)12(14)11-9(3)6-8(2)7-10(11)16-4/h6-7,12,14H,5H2,1-4H3. The van der Waals surface area contributed by atoms with Gasteiger partial charge < -0.3 is 14.6 Å². The lowest BCUT2D eigenvalue weighted by Crippen LogP contribution is -2.17. The maximum atomic E-state index is 11.5. The van der Waals surface area contributed by atoms with Crippen LogP contribution in [0.25, 0.3) is 0 Å². The van der Waals surface area contributed by atoms with Crippen LogP contribution in [0.15, 0.2) is 12.1 Å². The number of aliphatic hydroxyl groups excluding tert-OH is 1. The molecule has 0 aliphatic carbocycles. The fourth-order valence-electron chi connectivity index (χ4n) is 1.80. The van der Waals surface area contributed by atoms with E-state index in [0.717, 1.165) is 11.1 Å². The van der Waals surface area contributed by atoms with Crippen molar-refractivity contribution in [2.75, 3.05) is 13.7 Å². The minimum Gasteiger partial charge on any atom is -0.496 e. The number of rotatable bonds is 4. The van der Waals surface area contributed by atoms with Crippen LogP contribution in [0.5, 0.6) is 5.75 Å². The summed E-state index contributed by atoms with van der Waals surface area (Å²) in [5.41, 5.74) is 2.29. The van der Waals surface area contributed by atoms with Crippen LogP contribution in [0, 0.1) is 13.8 Å². The van der Waals surface area contributed by atoms with Crippen molar-refractivity contribution in [2.45, 2.75) is 26.9 Å². The third kappa shape index (κ3) is 2.97. The number of hydrogen-bond donors (Lipinski definition) is 1. The number of aryl methyl sites for hydroxylation is 2. The van der Waals surface area contributed by atoms with Crippen LogP contribution in [-0.4, -0.2) is 24.8 Å². The average Bonchev–Trinajstić information content (AvgIpc) is 2.27. The van der Waals surface area contributed by atoms with Gasteiger partial charge in [0.25, 0.3) is 0 Å². The van der Waals surface area contributed by atoms with Gasteiger partial charge in [-0.2, -0.15) is 0 Å². The highest BCUT2D eigenvalue weighted by Gasteiger charge is 2.24. The molecule has 0 saturated carbocycles. The zero-order valence-electron chi connectivity index (χ0n) is 10.6. The first-order chi connectivity index (χ1) is 8.01. The second-order valence-electron chi connectivity index (χ2n) is 3.85. The van der Waals surface area contributed by atoms with Gasteiger partial charge in [-0.3, -0.25) is 0 Å². The molecule has 0 saturated heterocycles. The van der Waals surface area contributed by atoms with Gasteiger partial charge in [-0.1, -0.05) is 6.07 Å². The minimum atomic E-state index is -1.30. The van der Waals surface area contributed by atoms with E-state index >= 15 is 0 Å². The molecule has 0 aromatic heterocycles. The first-order valence-electron chi connectivity index (χ1n) is 5.51. The van der Waals surface area contributed by atoms with E-state index in [4.69, 9.17) is 9.47 Å². The quantitative estimate of drug-likeness (QED) is 0.814. The molecule has 0 bridgehead atoms. The van der Waals surface area contributed by atoms with Crippen LogP contribution in [0.4, 0.5) is 0 Å². The Morgan fingerprint density at radius 2 is 2.06 bits per heavy atom. The van der Waals surface area contributed by atoms with E-state index in [0.29, 0.717) is 11.3 Å². The van der Waals surface area contributed by atoms with Crippen molar-refractivity contribution in [1.29, 1.82) is 0 Å². The number of esters is 1. The van der Waals surface area contributed by atoms with Crippen molar-refractivity contribution in [1.82, 2.24) is 0 Å². The van der Waals surface area contributed by atoms with Gasteiger partial charge in [-0.05, 0) is 38.0 Å². The third-order valence-electron chi connectivity index (χ3n) is 2.50. The molecule has 0 radical (unpaired) electrons. The molecule has 0 aliphatic heterocycles. The minimum absolute atomic E-state index is 0.239. The van der Waals surface area contributed by atoms with Gasteiger partial charge >= 0.3 is 5.97 Å². The maximum absolute atomic E-state index is 11.5. The third-order valence-corrected chi connectivity index (χ3v) is 2.50. The molecular weight excluding hydrogens is 220 g/mol. The van der Waals surface area contributed by atoms with E-state index in [9.17, 15) is 9.90 Å². The number of carbonyl (C=O) groups excluding carboxylic acids is 1. The number of aliphatic hydroxyl groups is 1. The molecule has 4 heteroatoms. The van der Waals surface area contributed by atoms with E-state index in [2.05, 4.69) is 0 Å². The Morgan fingerprint density at radius 3 is 2.59 bits per heavy atom. The lowest BCUT2D eigenvalue weighted by Gasteiger charge is -2.17. The second-order valence-corrected chi connectivity index (χ2v) is 3.85. The van der Waals surface area contributed by atoms with Gasteiger partial charge in [0.05, 0.1) is 13.7 Å². The summed E-state index contributed by atoms with van der Waals surface area (Å²) in [6.07, 6.45) is -1.30. The summed E-state index contributed by atoms with van der Waals surface area (Å²) < 4.78 is 9.99. The van der Waals surface area contributed by atoms with Crippen LogP contribution in [0.1, 0.15) is 29.7 Å². The summed E-state index contributed by atoms with van der Waals surface area (Å²) in [4.78, 5) is 11.5. The first-order valence-corrected chi connectivity index (χ1v) is 5.51. The SMILES string of the molecule is CCOC(=O)C(O)c1c(C)cc(C)cc1OC.